The van der Waals surface area contributed by atoms with E-state index >= 15 is 0 Å². The van der Waals surface area contributed by atoms with Gasteiger partial charge < -0.3 is 10.2 Å². The number of thioether (sulfide) groups is 1. The predicted molar refractivity (Wildman–Crippen MR) is 99.6 cm³/mol. The molecule has 0 saturated carbocycles. The van der Waals surface area contributed by atoms with E-state index in [0.717, 1.165) is 22.8 Å². The third-order valence-electron chi connectivity index (χ3n) is 3.69. The number of fused-ring (bicyclic) bond motifs is 1. The van der Waals surface area contributed by atoms with Crippen LogP contribution in [0.1, 0.15) is 17.8 Å². The number of nitrogens with zero attached hydrogens (tertiary/aromatic N) is 2. The maximum atomic E-state index is 13.1. The van der Waals surface area contributed by atoms with Crippen molar-refractivity contribution >= 4 is 39.4 Å². The zero-order valence-corrected chi connectivity index (χ0v) is 16.3. The Hall–Kier alpha value is -2.53. The molecule has 0 unspecified atom stereocenters. The largest absolute Gasteiger partial charge is 0.473 e. The van der Waals surface area contributed by atoms with Crippen molar-refractivity contribution in [2.75, 3.05) is 16.6 Å². The number of hydrogen-bond acceptors (Lipinski definition) is 6. The molecular weight excluding hydrogens is 394 g/mol. The van der Waals surface area contributed by atoms with Gasteiger partial charge in [0.2, 0.25) is 0 Å². The second-order valence-corrected chi connectivity index (χ2v) is 8.56. The predicted octanol–water partition coefficient (Wildman–Crippen LogP) is 1.87. The number of anilines is 1. The van der Waals surface area contributed by atoms with Gasteiger partial charge in [-0.25, -0.2) is 18.0 Å². The number of nitrogens with one attached hydrogen (secondary N) is 1. The van der Waals surface area contributed by atoms with Crippen LogP contribution < -0.4 is 4.31 Å². The summed E-state index contributed by atoms with van der Waals surface area (Å²) in [7, 11) is -3.59. The van der Waals surface area contributed by atoms with Crippen LogP contribution in [0.25, 0.3) is 0 Å². The van der Waals surface area contributed by atoms with Crippen LogP contribution in [-0.2, 0) is 19.6 Å². The molecule has 0 spiro atoms. The van der Waals surface area contributed by atoms with E-state index in [1.807, 2.05) is 24.3 Å². The number of carboxylic acids is 2. The van der Waals surface area contributed by atoms with Crippen LogP contribution in [0.2, 0.25) is 0 Å². The van der Waals surface area contributed by atoms with Crippen LogP contribution in [-0.4, -0.2) is 53.1 Å². The topological polar surface area (TPSA) is 141 Å². The zero-order chi connectivity index (χ0) is 20.2. The first kappa shape index (κ1) is 20.8. The third-order valence-corrected chi connectivity index (χ3v) is 6.91. The standard InChI is InChI=1S/C14H17N3O2S2.C2H2O4/c1-10-14(11(2)16-15-10)21(18,19)17-8-5-9-20-13-7-4-3-6-12(13)17;3-1(4)2(5)6/h3-4,6-7H,5,8-9H2,1-2H3,(H,15,16);(H,3,4)(H,5,6). The molecule has 11 heteroatoms. The van der Waals surface area contributed by atoms with Gasteiger partial charge in [-0.1, -0.05) is 12.1 Å². The van der Waals surface area contributed by atoms with Gasteiger partial charge in [0.05, 0.1) is 17.1 Å². The number of aromatic amines is 1. The molecule has 0 aliphatic carbocycles. The monoisotopic (exact) mass is 413 g/mol. The summed E-state index contributed by atoms with van der Waals surface area (Å²) in [5, 5.41) is 21.6. The molecule has 1 aromatic heterocycles. The summed E-state index contributed by atoms with van der Waals surface area (Å²) < 4.78 is 27.6. The quantitative estimate of drug-likeness (QED) is 0.634. The Morgan fingerprint density at radius 1 is 1.19 bits per heavy atom. The van der Waals surface area contributed by atoms with E-state index in [-0.39, 0.29) is 0 Å². The fourth-order valence-corrected chi connectivity index (χ4v) is 5.49. The van der Waals surface area contributed by atoms with Crippen LogP contribution in [0.3, 0.4) is 0 Å². The highest BCUT2D eigenvalue weighted by molar-refractivity contribution is 7.99. The van der Waals surface area contributed by atoms with Crippen molar-refractivity contribution < 1.29 is 28.2 Å². The van der Waals surface area contributed by atoms with E-state index in [2.05, 4.69) is 10.2 Å². The molecule has 0 atom stereocenters. The molecule has 3 N–H and O–H groups in total. The molecule has 1 aliphatic rings. The summed E-state index contributed by atoms with van der Waals surface area (Å²) in [6, 6.07) is 7.66. The van der Waals surface area contributed by atoms with Crippen LogP contribution >= 0.6 is 11.8 Å². The number of benzene rings is 1. The molecular formula is C16H19N3O6S2. The Kier molecular flexibility index (Phi) is 6.50. The second kappa shape index (κ2) is 8.44. The highest BCUT2D eigenvalue weighted by Crippen LogP contribution is 2.37. The average molecular weight is 413 g/mol. The van der Waals surface area contributed by atoms with Gasteiger partial charge in [-0.2, -0.15) is 5.10 Å². The van der Waals surface area contributed by atoms with Gasteiger partial charge in [-0.05, 0) is 38.2 Å². The fourth-order valence-electron chi connectivity index (χ4n) is 2.58. The van der Waals surface area contributed by atoms with Gasteiger partial charge in [0.15, 0.2) is 0 Å². The molecule has 0 radical (unpaired) electrons. The number of aryl methyl sites for hydroxylation is 2. The van der Waals surface area contributed by atoms with Crippen molar-refractivity contribution in [2.45, 2.75) is 30.1 Å². The van der Waals surface area contributed by atoms with E-state index in [1.54, 1.807) is 25.6 Å². The van der Waals surface area contributed by atoms with Crippen molar-refractivity contribution in [3.8, 4) is 0 Å². The molecule has 2 heterocycles. The Balaban J connectivity index is 0.000000380. The Bertz CT molecular complexity index is 923. The van der Waals surface area contributed by atoms with Crippen LogP contribution in [0.4, 0.5) is 5.69 Å². The number of aromatic nitrogens is 2. The second-order valence-electron chi connectivity index (χ2n) is 5.62. The molecule has 0 bridgehead atoms. The Labute approximate surface area is 160 Å². The molecule has 27 heavy (non-hydrogen) atoms. The van der Waals surface area contributed by atoms with Gasteiger partial charge in [0, 0.05) is 11.4 Å². The SMILES string of the molecule is Cc1n[nH]c(C)c1S(=O)(=O)N1CCCSc2ccccc21.O=C(O)C(=O)O. The summed E-state index contributed by atoms with van der Waals surface area (Å²) in [6.45, 7) is 3.95. The third kappa shape index (κ3) is 4.61. The van der Waals surface area contributed by atoms with Gasteiger partial charge >= 0.3 is 11.9 Å². The van der Waals surface area contributed by atoms with E-state index < -0.39 is 22.0 Å². The molecule has 9 nitrogen and oxygen atoms in total. The van der Waals surface area contributed by atoms with Crippen LogP contribution in [0.5, 0.6) is 0 Å². The lowest BCUT2D eigenvalue weighted by atomic mass is 10.3. The van der Waals surface area contributed by atoms with Gasteiger partial charge in [0.25, 0.3) is 10.0 Å². The van der Waals surface area contributed by atoms with Crippen molar-refractivity contribution in [3.05, 3.63) is 35.7 Å². The molecule has 2 aromatic rings. The summed E-state index contributed by atoms with van der Waals surface area (Å²) in [4.78, 5) is 19.5. The maximum absolute atomic E-state index is 13.1. The number of rotatable bonds is 2. The van der Waals surface area contributed by atoms with Gasteiger partial charge in [0.1, 0.15) is 4.90 Å². The summed E-state index contributed by atoms with van der Waals surface area (Å²) >= 11 is 1.71. The van der Waals surface area contributed by atoms with E-state index in [4.69, 9.17) is 19.8 Å². The summed E-state index contributed by atoms with van der Waals surface area (Å²) in [6.07, 6.45) is 0.828. The lowest BCUT2D eigenvalue weighted by Gasteiger charge is -2.24. The number of aliphatic carboxylic acids is 2. The minimum absolute atomic E-state index is 0.296. The number of carbonyl (C=O) groups is 2. The number of carboxylic acid groups (broad SMARTS) is 2. The van der Waals surface area contributed by atoms with Crippen LogP contribution in [0, 0.1) is 13.8 Å². The minimum Gasteiger partial charge on any atom is -0.473 e. The van der Waals surface area contributed by atoms with E-state index in [0.29, 0.717) is 22.8 Å². The van der Waals surface area contributed by atoms with Crippen molar-refractivity contribution in [1.82, 2.24) is 10.2 Å². The van der Waals surface area contributed by atoms with Gasteiger partial charge in [-0.15, -0.1) is 11.8 Å². The molecule has 0 fully saturated rings. The first-order valence-electron chi connectivity index (χ1n) is 7.88. The summed E-state index contributed by atoms with van der Waals surface area (Å²) in [5.74, 6) is -2.73. The molecule has 1 aromatic carbocycles. The van der Waals surface area contributed by atoms with E-state index in [1.165, 1.54) is 4.31 Å². The highest BCUT2D eigenvalue weighted by atomic mass is 32.2. The van der Waals surface area contributed by atoms with Crippen molar-refractivity contribution in [1.29, 1.82) is 0 Å². The lowest BCUT2D eigenvalue weighted by Crippen LogP contribution is -2.32. The number of para-hydroxylation sites is 1. The fraction of sp³-hybridized carbons (Fsp3) is 0.312. The molecule has 146 valence electrons. The zero-order valence-electron chi connectivity index (χ0n) is 14.7. The van der Waals surface area contributed by atoms with Crippen LogP contribution in [0.15, 0.2) is 34.1 Å². The Morgan fingerprint density at radius 3 is 2.37 bits per heavy atom. The summed E-state index contributed by atoms with van der Waals surface area (Å²) in [5.41, 5.74) is 1.86. The molecule has 3 rings (SSSR count). The first-order valence-corrected chi connectivity index (χ1v) is 10.3. The molecule has 0 amide bonds. The minimum atomic E-state index is -3.59. The first-order chi connectivity index (χ1) is 12.7. The molecule has 0 saturated heterocycles. The highest BCUT2D eigenvalue weighted by Gasteiger charge is 2.32. The maximum Gasteiger partial charge on any atom is 0.414 e. The normalized spacial score (nSPS) is 13.8. The number of hydrogen-bond donors (Lipinski definition) is 3. The average Bonchev–Trinajstić information content (AvgIpc) is 2.82. The van der Waals surface area contributed by atoms with E-state index in [9.17, 15) is 8.42 Å². The molecule has 1 aliphatic heterocycles. The number of H-pyrrole nitrogens is 1. The van der Waals surface area contributed by atoms with Crippen molar-refractivity contribution in [3.63, 3.8) is 0 Å². The Morgan fingerprint density at radius 2 is 1.81 bits per heavy atom. The number of sulfonamides is 1. The smallest absolute Gasteiger partial charge is 0.414 e. The lowest BCUT2D eigenvalue weighted by molar-refractivity contribution is -0.159. The van der Waals surface area contributed by atoms with Gasteiger partial charge in [-0.3, -0.25) is 9.40 Å². The van der Waals surface area contributed by atoms with Crippen molar-refractivity contribution in [2.24, 2.45) is 0 Å².